The van der Waals surface area contributed by atoms with Gasteiger partial charge in [-0.2, -0.15) is 0 Å². The molecule has 0 fully saturated rings. The van der Waals surface area contributed by atoms with Crippen LogP contribution in [0.2, 0.25) is 0 Å². The Labute approximate surface area is 69.3 Å². The molecular weight excluding hydrogens is 152 g/mol. The van der Waals surface area contributed by atoms with Gasteiger partial charge in [-0.25, -0.2) is 0 Å². The molecule has 10 heavy (non-hydrogen) atoms. The van der Waals surface area contributed by atoms with Gasteiger partial charge in [-0.15, -0.1) is 0 Å². The van der Waals surface area contributed by atoms with Crippen molar-refractivity contribution in [2.45, 2.75) is 13.3 Å². The lowest BCUT2D eigenvalue weighted by molar-refractivity contribution is 1.14. The monoisotopic (exact) mass is 168 g/mol. The van der Waals surface area contributed by atoms with Gasteiger partial charge in [-0.3, -0.25) is 0 Å². The zero-order valence-corrected chi connectivity index (χ0v) is 11.1. The maximum absolute atomic E-state index is 2.16. The van der Waals surface area contributed by atoms with E-state index in [2.05, 4.69) is 31.2 Å². The second-order valence-electron chi connectivity index (χ2n) is 1.84. The first kappa shape index (κ1) is 9.65. The number of rotatable bonds is 1. The first-order valence-corrected chi connectivity index (χ1v) is 12.0. The zero-order valence-electron chi connectivity index (χ0n) is 7.09. The molecule has 0 radical (unpaired) electrons. The summed E-state index contributed by atoms with van der Waals surface area (Å²) in [5.74, 6) is 0. The van der Waals surface area contributed by atoms with Gasteiger partial charge >= 0.3 is 0 Å². The van der Waals surface area contributed by atoms with Crippen molar-refractivity contribution in [3.63, 3.8) is 0 Å². The van der Waals surface area contributed by atoms with E-state index >= 15 is 0 Å². The topological polar surface area (TPSA) is 0 Å². The van der Waals surface area contributed by atoms with Crippen LogP contribution in [0.1, 0.15) is 12.5 Å². The highest BCUT2D eigenvalue weighted by Crippen LogP contribution is 1.96. The molecule has 0 aromatic heterocycles. The van der Waals surface area contributed by atoms with Crippen molar-refractivity contribution in [2.24, 2.45) is 0 Å². The third kappa shape index (κ3) is 3.64. The molecule has 1 rings (SSSR count). The van der Waals surface area contributed by atoms with Gasteiger partial charge in [-0.1, -0.05) is 37.3 Å². The van der Waals surface area contributed by atoms with E-state index in [0.717, 1.165) is 6.42 Å². The lowest BCUT2D eigenvalue weighted by Gasteiger charge is -1.89. The quantitative estimate of drug-likeness (QED) is 0.513. The zero-order chi connectivity index (χ0) is 7.82. The number of benzene rings is 1. The fourth-order valence-corrected chi connectivity index (χ4v) is 0.714. The van der Waals surface area contributed by atoms with Gasteiger partial charge in [0.1, 0.15) is 0 Å². The van der Waals surface area contributed by atoms with Crippen molar-refractivity contribution in [1.82, 2.24) is 0 Å². The van der Waals surface area contributed by atoms with Crippen LogP contribution in [-0.2, 0) is 6.42 Å². The summed E-state index contributed by atoms with van der Waals surface area (Å²) in [6.45, 7) is 2.16. The van der Waals surface area contributed by atoms with Crippen molar-refractivity contribution < 1.29 is 0 Å². The van der Waals surface area contributed by atoms with E-state index < -0.39 is 0 Å². The second kappa shape index (κ2) is 6.77. The Hall–Kier alpha value is -0.346. The van der Waals surface area contributed by atoms with Crippen LogP contribution < -0.4 is 0 Å². The van der Waals surface area contributed by atoms with E-state index in [1.807, 2.05) is 6.07 Å². The summed E-state index contributed by atoms with van der Waals surface area (Å²) < 4.78 is 0. The average Bonchev–Trinajstić information content (AvgIpc) is 2.10. The fourth-order valence-electron chi connectivity index (χ4n) is 0.714. The molecule has 0 nitrogen and oxygen atoms in total. The van der Waals surface area contributed by atoms with Crippen LogP contribution in [0.15, 0.2) is 30.3 Å². The molecular formula is C8H16Si2. The Kier molecular flexibility index (Phi) is 6.53. The summed E-state index contributed by atoms with van der Waals surface area (Å²) in [7, 11) is 2.89. The summed E-state index contributed by atoms with van der Waals surface area (Å²) in [5.41, 5.74) is 1.41. The summed E-state index contributed by atoms with van der Waals surface area (Å²) >= 11 is 0. The Bertz CT molecular complexity index is 149. The smallest absolute Gasteiger partial charge is 0.0125 e. The SMILES string of the molecule is CCc1ccccc1.[SiH3][SiH3]. The van der Waals surface area contributed by atoms with E-state index in [-0.39, 0.29) is 0 Å². The Morgan fingerprint density at radius 3 is 1.90 bits per heavy atom. The minimum absolute atomic E-state index is 1.14. The van der Waals surface area contributed by atoms with E-state index in [1.165, 1.54) is 25.1 Å². The molecule has 0 saturated heterocycles. The maximum atomic E-state index is 2.16. The van der Waals surface area contributed by atoms with Crippen LogP contribution in [-0.4, -0.2) is 19.5 Å². The van der Waals surface area contributed by atoms with Crippen LogP contribution in [0.3, 0.4) is 0 Å². The first-order valence-electron chi connectivity index (χ1n) is 3.97. The molecule has 0 bridgehead atoms. The molecule has 0 N–H and O–H groups in total. The standard InChI is InChI=1S/C8H10.H6Si2/c1-2-8-6-4-3-5-7-8;1-2/h3-7H,2H2,1H3;1-2H3. The third-order valence-corrected chi connectivity index (χ3v) is 1.25. The molecule has 0 aliphatic heterocycles. The molecule has 0 spiro atoms. The van der Waals surface area contributed by atoms with Crippen molar-refractivity contribution >= 4 is 19.5 Å². The molecule has 1 aromatic rings. The Morgan fingerprint density at radius 1 is 1.10 bits per heavy atom. The van der Waals surface area contributed by atoms with Crippen molar-refractivity contribution in [3.8, 4) is 0 Å². The van der Waals surface area contributed by atoms with Gasteiger partial charge in [0, 0.05) is 0 Å². The summed E-state index contributed by atoms with van der Waals surface area (Å²) in [6.07, 6.45) is 1.14. The molecule has 0 aliphatic carbocycles. The normalized spacial score (nSPS) is 8.50. The largest absolute Gasteiger partial charge is 0.0622 e. The number of hydrogen-bond acceptors (Lipinski definition) is 0. The molecule has 0 amide bonds. The molecule has 1 aromatic carbocycles. The summed E-state index contributed by atoms with van der Waals surface area (Å²) in [5, 5.41) is 0. The van der Waals surface area contributed by atoms with Crippen LogP contribution >= 0.6 is 0 Å². The van der Waals surface area contributed by atoms with Gasteiger partial charge in [-0.05, 0) is 31.5 Å². The lowest BCUT2D eigenvalue weighted by Crippen LogP contribution is -1.73. The molecule has 0 unspecified atom stereocenters. The van der Waals surface area contributed by atoms with Crippen molar-refractivity contribution in [2.75, 3.05) is 0 Å². The average molecular weight is 168 g/mol. The minimum Gasteiger partial charge on any atom is -0.0622 e. The van der Waals surface area contributed by atoms with Crippen LogP contribution in [0, 0.1) is 0 Å². The number of aryl methyl sites for hydroxylation is 1. The van der Waals surface area contributed by atoms with Gasteiger partial charge in [0.05, 0.1) is 0 Å². The predicted octanol–water partition coefficient (Wildman–Crippen LogP) is -0.119. The van der Waals surface area contributed by atoms with Gasteiger partial charge < -0.3 is 0 Å². The van der Waals surface area contributed by atoms with E-state index in [0.29, 0.717) is 0 Å². The summed E-state index contributed by atoms with van der Waals surface area (Å²) in [4.78, 5) is 0. The second-order valence-corrected chi connectivity index (χ2v) is 1.84. The Morgan fingerprint density at radius 2 is 1.60 bits per heavy atom. The maximum Gasteiger partial charge on any atom is -0.0125 e. The third-order valence-electron chi connectivity index (χ3n) is 1.25. The molecule has 2 heteroatoms. The van der Waals surface area contributed by atoms with Crippen LogP contribution in [0.5, 0.6) is 0 Å². The molecule has 0 atom stereocenters. The van der Waals surface area contributed by atoms with Crippen molar-refractivity contribution in [3.05, 3.63) is 35.9 Å². The van der Waals surface area contributed by atoms with E-state index in [1.54, 1.807) is 0 Å². The van der Waals surface area contributed by atoms with Gasteiger partial charge in [0.25, 0.3) is 0 Å². The van der Waals surface area contributed by atoms with Crippen LogP contribution in [0.25, 0.3) is 0 Å². The van der Waals surface area contributed by atoms with Crippen LogP contribution in [0.4, 0.5) is 0 Å². The summed E-state index contributed by atoms with van der Waals surface area (Å²) in [6, 6.07) is 10.5. The van der Waals surface area contributed by atoms with Crippen molar-refractivity contribution in [1.29, 1.82) is 0 Å². The minimum atomic E-state index is 1.14. The lowest BCUT2D eigenvalue weighted by atomic mass is 10.2. The Balaban J connectivity index is 0.000000371. The van der Waals surface area contributed by atoms with E-state index in [4.69, 9.17) is 0 Å². The molecule has 0 heterocycles. The number of hydrogen-bond donors (Lipinski definition) is 0. The molecule has 0 aliphatic rings. The fraction of sp³-hybridized carbons (Fsp3) is 0.250. The first-order chi connectivity index (χ1) is 4.93. The molecule has 56 valence electrons. The molecule has 0 saturated carbocycles. The highest BCUT2D eigenvalue weighted by molar-refractivity contribution is 6.75. The van der Waals surface area contributed by atoms with Gasteiger partial charge in [0.15, 0.2) is 0 Å². The predicted molar refractivity (Wildman–Crippen MR) is 55.7 cm³/mol. The highest BCUT2D eigenvalue weighted by Gasteiger charge is 1.79. The van der Waals surface area contributed by atoms with E-state index in [9.17, 15) is 0 Å². The highest BCUT2D eigenvalue weighted by atomic mass is 29.1. The van der Waals surface area contributed by atoms with Gasteiger partial charge in [0.2, 0.25) is 0 Å².